The molecule has 0 amide bonds. The summed E-state index contributed by atoms with van der Waals surface area (Å²) in [4.78, 5) is 2.49. The zero-order chi connectivity index (χ0) is 44.8. The van der Waals surface area contributed by atoms with Crippen molar-refractivity contribution in [2.24, 2.45) is 0 Å². The van der Waals surface area contributed by atoms with Crippen LogP contribution in [0.5, 0.6) is 0 Å². The van der Waals surface area contributed by atoms with Crippen molar-refractivity contribution in [1.82, 2.24) is 0 Å². The topological polar surface area (TPSA) is 3.24 Å². The van der Waals surface area contributed by atoms with Crippen molar-refractivity contribution in [3.63, 3.8) is 0 Å². The van der Waals surface area contributed by atoms with Gasteiger partial charge < -0.3 is 4.90 Å². The summed E-state index contributed by atoms with van der Waals surface area (Å²) in [6, 6.07) is 96.8. The Balaban J connectivity index is 0.983. The molecule has 2 aliphatic carbocycles. The largest absolute Gasteiger partial charge is 0.310 e. The summed E-state index contributed by atoms with van der Waals surface area (Å²) in [5, 5.41) is 7.69. The highest BCUT2D eigenvalue weighted by Crippen LogP contribution is 2.63. The molecule has 0 bridgehead atoms. The molecule has 1 heteroatoms. The molecule has 14 rings (SSSR count). The van der Waals surface area contributed by atoms with Crippen LogP contribution in [0.15, 0.2) is 261 Å². The Morgan fingerprint density at radius 3 is 1.25 bits per heavy atom. The van der Waals surface area contributed by atoms with Crippen molar-refractivity contribution in [1.29, 1.82) is 0 Å². The first kappa shape index (κ1) is 38.5. The highest BCUT2D eigenvalue weighted by atomic mass is 15.1. The van der Waals surface area contributed by atoms with Crippen molar-refractivity contribution in [2.75, 3.05) is 4.90 Å². The quantitative estimate of drug-likeness (QED) is 0.151. The Hall–Kier alpha value is -8.78. The van der Waals surface area contributed by atoms with Crippen LogP contribution in [0.1, 0.15) is 22.3 Å². The van der Waals surface area contributed by atoms with Crippen LogP contribution >= 0.6 is 0 Å². The number of hydrogen-bond acceptors (Lipinski definition) is 1. The van der Waals surface area contributed by atoms with Crippen LogP contribution in [-0.4, -0.2) is 0 Å². The number of anilines is 3. The van der Waals surface area contributed by atoms with Gasteiger partial charge in [0.1, 0.15) is 0 Å². The van der Waals surface area contributed by atoms with E-state index in [-0.39, 0.29) is 0 Å². The monoisotopic (exact) mass is 861 g/mol. The molecule has 1 spiro atoms. The van der Waals surface area contributed by atoms with Crippen LogP contribution in [0.3, 0.4) is 0 Å². The molecular formula is C67H43N. The van der Waals surface area contributed by atoms with Gasteiger partial charge in [0.25, 0.3) is 0 Å². The molecule has 0 fully saturated rings. The molecule has 0 aliphatic heterocycles. The highest BCUT2D eigenvalue weighted by molar-refractivity contribution is 6.28. The number of para-hydroxylation sites is 1. The first-order chi connectivity index (χ1) is 33.8. The highest BCUT2D eigenvalue weighted by Gasteiger charge is 2.51. The number of hydrogen-bond donors (Lipinski definition) is 0. The Morgan fingerprint density at radius 1 is 0.235 bits per heavy atom. The van der Waals surface area contributed by atoms with Crippen LogP contribution in [0.2, 0.25) is 0 Å². The maximum absolute atomic E-state index is 2.50. The number of benzene rings is 12. The fraction of sp³-hybridized carbons (Fsp3) is 0.0149. The van der Waals surface area contributed by atoms with E-state index < -0.39 is 5.41 Å². The third-order valence-electron chi connectivity index (χ3n) is 14.9. The van der Waals surface area contributed by atoms with Gasteiger partial charge in [-0.1, -0.05) is 231 Å². The van der Waals surface area contributed by atoms with Gasteiger partial charge in [0.05, 0.1) is 11.1 Å². The average Bonchev–Trinajstić information content (AvgIpc) is 3.89. The molecule has 0 saturated carbocycles. The second-order valence-electron chi connectivity index (χ2n) is 18.3. The Morgan fingerprint density at radius 2 is 0.632 bits per heavy atom. The smallest absolute Gasteiger partial charge is 0.0726 e. The van der Waals surface area contributed by atoms with E-state index in [1.54, 1.807) is 0 Å². The van der Waals surface area contributed by atoms with Crippen LogP contribution < -0.4 is 4.90 Å². The summed E-state index contributed by atoms with van der Waals surface area (Å²) in [7, 11) is 0. The van der Waals surface area contributed by atoms with Gasteiger partial charge in [-0.05, 0) is 135 Å². The van der Waals surface area contributed by atoms with E-state index in [1.165, 1.54) is 110 Å². The summed E-state index contributed by atoms with van der Waals surface area (Å²) < 4.78 is 0. The molecule has 2 aliphatic rings. The Bertz CT molecular complexity index is 3850. The molecule has 12 aromatic carbocycles. The fourth-order valence-electron chi connectivity index (χ4n) is 12.0. The zero-order valence-electron chi connectivity index (χ0n) is 37.3. The van der Waals surface area contributed by atoms with E-state index in [2.05, 4.69) is 266 Å². The van der Waals surface area contributed by atoms with E-state index in [4.69, 9.17) is 0 Å². The van der Waals surface area contributed by atoms with Crippen LogP contribution in [0.4, 0.5) is 17.1 Å². The lowest BCUT2D eigenvalue weighted by molar-refractivity contribution is 0.793. The minimum Gasteiger partial charge on any atom is -0.310 e. The molecule has 0 saturated heterocycles. The number of rotatable bonds is 6. The molecule has 0 N–H and O–H groups in total. The van der Waals surface area contributed by atoms with E-state index in [0.717, 1.165) is 17.1 Å². The minimum absolute atomic E-state index is 0.460. The molecule has 0 heterocycles. The summed E-state index contributed by atoms with van der Waals surface area (Å²) in [5.74, 6) is 0. The van der Waals surface area contributed by atoms with Gasteiger partial charge in [0.15, 0.2) is 0 Å². The SMILES string of the molecule is c1ccc(-c2ccc(-c3ccccc3N(c3ccc(-c4cccc5c6ccccc6c6ccccc6c45)cc3)c3ccc4c(c3)C3(c5ccccc5-c5ccccc53)c3ccccc3-4)cc2)cc1. The van der Waals surface area contributed by atoms with E-state index >= 15 is 0 Å². The summed E-state index contributed by atoms with van der Waals surface area (Å²) in [6.07, 6.45) is 0. The van der Waals surface area contributed by atoms with Crippen LogP contribution in [0, 0.1) is 0 Å². The second-order valence-corrected chi connectivity index (χ2v) is 18.3. The van der Waals surface area contributed by atoms with Gasteiger partial charge >= 0.3 is 0 Å². The molecule has 0 aromatic heterocycles. The standard InChI is InChI=1S/C67H43N/c1-2-17-44(18-3-1)45-33-35-46(36-34-45)50-19-11-15-32-65(50)68(48-39-37-47(38-40-48)51-27-16-28-60-54-21-5-4-20-52(54)53-22-6-7-26-59(53)66(51)60)49-41-42-58-57-25-10-14-31-63(57)67(64(58)43-49)61-29-12-8-23-55(61)56-24-9-13-30-62(56)67/h1-43H. The van der Waals surface area contributed by atoms with Crippen molar-refractivity contribution < 1.29 is 0 Å². The maximum atomic E-state index is 2.50. The Labute approximate surface area is 396 Å². The molecule has 0 atom stereocenters. The number of nitrogens with zero attached hydrogens (tertiary/aromatic N) is 1. The molecule has 68 heavy (non-hydrogen) atoms. The predicted octanol–water partition coefficient (Wildman–Crippen LogP) is 18.0. The summed E-state index contributed by atoms with van der Waals surface area (Å²) in [6.45, 7) is 0. The third-order valence-corrected chi connectivity index (χ3v) is 14.9. The Kier molecular flexibility index (Phi) is 8.57. The van der Waals surface area contributed by atoms with Gasteiger partial charge in [-0.15, -0.1) is 0 Å². The van der Waals surface area contributed by atoms with Crippen molar-refractivity contribution in [3.05, 3.63) is 283 Å². The molecular weight excluding hydrogens is 819 g/mol. The van der Waals surface area contributed by atoms with Gasteiger partial charge in [0, 0.05) is 16.9 Å². The van der Waals surface area contributed by atoms with E-state index in [1.807, 2.05) is 0 Å². The molecule has 1 nitrogen and oxygen atoms in total. The summed E-state index contributed by atoms with van der Waals surface area (Å²) in [5.41, 5.74) is 20.6. The van der Waals surface area contributed by atoms with Crippen molar-refractivity contribution >= 4 is 49.4 Å². The minimum atomic E-state index is -0.460. The lowest BCUT2D eigenvalue weighted by Crippen LogP contribution is -2.26. The van der Waals surface area contributed by atoms with Gasteiger partial charge in [-0.25, -0.2) is 0 Å². The maximum Gasteiger partial charge on any atom is 0.0726 e. The van der Waals surface area contributed by atoms with Crippen LogP contribution in [-0.2, 0) is 5.41 Å². The molecule has 12 aromatic rings. The fourth-order valence-corrected chi connectivity index (χ4v) is 12.0. The molecule has 0 unspecified atom stereocenters. The normalized spacial score (nSPS) is 12.8. The molecule has 0 radical (unpaired) electrons. The second kappa shape index (κ2) is 15.1. The zero-order valence-corrected chi connectivity index (χ0v) is 37.3. The third kappa shape index (κ3) is 5.57. The number of fused-ring (bicyclic) bond motifs is 16. The van der Waals surface area contributed by atoms with E-state index in [9.17, 15) is 0 Å². The van der Waals surface area contributed by atoms with Crippen molar-refractivity contribution in [3.8, 4) is 55.6 Å². The van der Waals surface area contributed by atoms with Gasteiger partial charge in [0.2, 0.25) is 0 Å². The average molecular weight is 862 g/mol. The van der Waals surface area contributed by atoms with E-state index in [0.29, 0.717) is 0 Å². The predicted molar refractivity (Wildman–Crippen MR) is 286 cm³/mol. The lowest BCUT2D eigenvalue weighted by Gasteiger charge is -2.32. The van der Waals surface area contributed by atoms with Gasteiger partial charge in [-0.3, -0.25) is 0 Å². The molecule has 316 valence electrons. The summed E-state index contributed by atoms with van der Waals surface area (Å²) >= 11 is 0. The first-order valence-corrected chi connectivity index (χ1v) is 23.7. The van der Waals surface area contributed by atoms with Crippen LogP contribution in [0.25, 0.3) is 88.0 Å². The van der Waals surface area contributed by atoms with Gasteiger partial charge in [-0.2, -0.15) is 0 Å². The first-order valence-electron chi connectivity index (χ1n) is 23.7. The van der Waals surface area contributed by atoms with Crippen molar-refractivity contribution in [2.45, 2.75) is 5.41 Å². The lowest BCUT2D eigenvalue weighted by atomic mass is 9.70.